The number of nitrogens with two attached hydrogens (primary N) is 2. The second-order valence-electron chi connectivity index (χ2n) is 3.44. The zero-order valence-electron chi connectivity index (χ0n) is 9.05. The van der Waals surface area contributed by atoms with Gasteiger partial charge >= 0.3 is 0 Å². The Morgan fingerprint density at radius 3 is 2.67 bits per heavy atom. The number of nitrogen functional groups attached to an aromatic ring is 2. The summed E-state index contributed by atoms with van der Waals surface area (Å²) < 4.78 is 13.3. The molecule has 0 amide bonds. The highest BCUT2D eigenvalue weighted by Crippen LogP contribution is 2.33. The molecule has 0 aliphatic carbocycles. The first-order valence-electron chi connectivity index (χ1n) is 4.85. The summed E-state index contributed by atoms with van der Waals surface area (Å²) in [5.74, 6) is -1.73. The molecule has 0 aliphatic heterocycles. The molecular weight excluding hydrogens is 237 g/mol. The Balaban J connectivity index is 2.79. The smallest absolute Gasteiger partial charge is 0.222 e. The number of halogens is 1. The molecule has 5 N–H and O–H groups in total. The molecule has 0 radical (unpaired) electrons. The van der Waals surface area contributed by atoms with Gasteiger partial charge in [-0.1, -0.05) is 6.07 Å². The third-order valence-corrected chi connectivity index (χ3v) is 2.31. The van der Waals surface area contributed by atoms with Gasteiger partial charge in [0, 0.05) is 5.56 Å². The van der Waals surface area contributed by atoms with Crippen molar-refractivity contribution in [2.24, 2.45) is 0 Å². The van der Waals surface area contributed by atoms with Crippen LogP contribution in [0.2, 0.25) is 0 Å². The minimum atomic E-state index is -0.827. The van der Waals surface area contributed by atoms with Crippen molar-refractivity contribution in [3.8, 4) is 23.1 Å². The SMILES string of the molecule is N#Cc1c(N)nc(N)nc1-c1cccc(F)c1O. The summed E-state index contributed by atoms with van der Waals surface area (Å²) in [5.41, 5.74) is 10.9. The maximum absolute atomic E-state index is 13.3. The summed E-state index contributed by atoms with van der Waals surface area (Å²) >= 11 is 0. The van der Waals surface area contributed by atoms with Crippen molar-refractivity contribution in [2.45, 2.75) is 0 Å². The maximum Gasteiger partial charge on any atom is 0.222 e. The quantitative estimate of drug-likeness (QED) is 0.689. The molecule has 0 aliphatic rings. The molecule has 0 spiro atoms. The van der Waals surface area contributed by atoms with Crippen LogP contribution in [-0.2, 0) is 0 Å². The molecule has 6 nitrogen and oxygen atoms in total. The summed E-state index contributed by atoms with van der Waals surface area (Å²) in [6, 6.07) is 5.66. The topological polar surface area (TPSA) is 122 Å². The molecule has 0 unspecified atom stereocenters. The largest absolute Gasteiger partial charge is 0.504 e. The number of hydrogen-bond donors (Lipinski definition) is 3. The second kappa shape index (κ2) is 4.18. The number of nitrogens with zero attached hydrogens (tertiary/aromatic N) is 3. The number of para-hydroxylation sites is 1. The van der Waals surface area contributed by atoms with E-state index in [2.05, 4.69) is 9.97 Å². The zero-order chi connectivity index (χ0) is 13.3. The average Bonchev–Trinajstić information content (AvgIpc) is 2.32. The first kappa shape index (κ1) is 11.6. The molecule has 0 fully saturated rings. The van der Waals surface area contributed by atoms with Crippen LogP contribution in [0, 0.1) is 17.1 Å². The molecule has 0 atom stereocenters. The van der Waals surface area contributed by atoms with Crippen LogP contribution in [0.5, 0.6) is 5.75 Å². The van der Waals surface area contributed by atoms with Crippen LogP contribution in [0.15, 0.2) is 18.2 Å². The van der Waals surface area contributed by atoms with Crippen LogP contribution in [0.1, 0.15) is 5.56 Å². The van der Waals surface area contributed by atoms with Crippen LogP contribution in [0.3, 0.4) is 0 Å². The Morgan fingerprint density at radius 2 is 2.00 bits per heavy atom. The van der Waals surface area contributed by atoms with Crippen LogP contribution in [0.25, 0.3) is 11.3 Å². The molecule has 0 saturated carbocycles. The van der Waals surface area contributed by atoms with E-state index >= 15 is 0 Å². The fraction of sp³-hybridized carbons (Fsp3) is 0. The Labute approximate surface area is 101 Å². The Bertz CT molecular complexity index is 665. The van der Waals surface area contributed by atoms with E-state index < -0.39 is 11.6 Å². The predicted octanol–water partition coefficient (Wildman–Crippen LogP) is 1.02. The van der Waals surface area contributed by atoms with Gasteiger partial charge in [-0.15, -0.1) is 0 Å². The van der Waals surface area contributed by atoms with Crippen LogP contribution >= 0.6 is 0 Å². The van der Waals surface area contributed by atoms with Gasteiger partial charge in [-0.05, 0) is 12.1 Å². The summed E-state index contributed by atoms with van der Waals surface area (Å²) in [4.78, 5) is 7.44. The summed E-state index contributed by atoms with van der Waals surface area (Å²) in [5, 5.41) is 18.6. The average molecular weight is 245 g/mol. The highest BCUT2D eigenvalue weighted by molar-refractivity contribution is 5.76. The number of anilines is 2. The summed E-state index contributed by atoms with van der Waals surface area (Å²) in [6.45, 7) is 0. The van der Waals surface area contributed by atoms with E-state index in [1.807, 2.05) is 0 Å². The number of aromatic nitrogens is 2. The fourth-order valence-corrected chi connectivity index (χ4v) is 1.51. The standard InChI is InChI=1S/C11H8FN5O/c12-7-3-1-2-5(9(7)18)8-6(4-13)10(14)17-11(15)16-8/h1-3,18H,(H4,14,15,16,17). The van der Waals surface area contributed by atoms with Gasteiger partial charge in [-0.2, -0.15) is 10.2 Å². The first-order chi connectivity index (χ1) is 8.54. The van der Waals surface area contributed by atoms with Crippen molar-refractivity contribution in [1.82, 2.24) is 9.97 Å². The fourth-order valence-electron chi connectivity index (χ4n) is 1.51. The van der Waals surface area contributed by atoms with E-state index in [1.165, 1.54) is 12.1 Å². The van der Waals surface area contributed by atoms with Gasteiger partial charge < -0.3 is 16.6 Å². The Kier molecular flexibility index (Phi) is 2.69. The third kappa shape index (κ3) is 1.76. The number of benzene rings is 1. The molecule has 1 aromatic heterocycles. The minimum Gasteiger partial charge on any atom is -0.504 e. The van der Waals surface area contributed by atoms with E-state index in [4.69, 9.17) is 16.7 Å². The van der Waals surface area contributed by atoms with E-state index in [0.717, 1.165) is 6.07 Å². The van der Waals surface area contributed by atoms with Crippen molar-refractivity contribution >= 4 is 11.8 Å². The van der Waals surface area contributed by atoms with E-state index in [1.54, 1.807) is 6.07 Å². The lowest BCUT2D eigenvalue weighted by Crippen LogP contribution is -2.05. The summed E-state index contributed by atoms with van der Waals surface area (Å²) in [7, 11) is 0. The lowest BCUT2D eigenvalue weighted by Gasteiger charge is -2.08. The molecule has 1 aromatic carbocycles. The molecule has 0 bridgehead atoms. The highest BCUT2D eigenvalue weighted by atomic mass is 19.1. The number of aromatic hydroxyl groups is 1. The van der Waals surface area contributed by atoms with Gasteiger partial charge in [0.25, 0.3) is 0 Å². The monoisotopic (exact) mass is 245 g/mol. The zero-order valence-corrected chi connectivity index (χ0v) is 9.05. The first-order valence-corrected chi connectivity index (χ1v) is 4.85. The van der Waals surface area contributed by atoms with Gasteiger partial charge in [-0.3, -0.25) is 0 Å². The molecule has 18 heavy (non-hydrogen) atoms. The number of phenols is 1. The van der Waals surface area contributed by atoms with Gasteiger partial charge in [0.05, 0.1) is 5.69 Å². The van der Waals surface area contributed by atoms with E-state index in [0.29, 0.717) is 0 Å². The van der Waals surface area contributed by atoms with Crippen molar-refractivity contribution in [2.75, 3.05) is 11.5 Å². The number of rotatable bonds is 1. The molecule has 2 aromatic rings. The highest BCUT2D eigenvalue weighted by Gasteiger charge is 2.17. The van der Waals surface area contributed by atoms with Gasteiger partial charge in [0.15, 0.2) is 11.6 Å². The molecular formula is C11H8FN5O. The van der Waals surface area contributed by atoms with Crippen LogP contribution in [0.4, 0.5) is 16.2 Å². The van der Waals surface area contributed by atoms with Crippen LogP contribution in [-0.4, -0.2) is 15.1 Å². The van der Waals surface area contributed by atoms with Crippen molar-refractivity contribution in [3.63, 3.8) is 0 Å². The van der Waals surface area contributed by atoms with Crippen molar-refractivity contribution in [1.29, 1.82) is 5.26 Å². The van der Waals surface area contributed by atoms with Gasteiger partial charge in [0.2, 0.25) is 5.95 Å². The summed E-state index contributed by atoms with van der Waals surface area (Å²) in [6.07, 6.45) is 0. The minimum absolute atomic E-state index is 0.000463. The van der Waals surface area contributed by atoms with E-state index in [9.17, 15) is 9.50 Å². The Morgan fingerprint density at radius 1 is 1.28 bits per heavy atom. The normalized spacial score (nSPS) is 10.0. The maximum atomic E-state index is 13.3. The third-order valence-electron chi connectivity index (χ3n) is 2.31. The molecule has 90 valence electrons. The van der Waals surface area contributed by atoms with Gasteiger partial charge in [-0.25, -0.2) is 9.37 Å². The molecule has 2 rings (SSSR count). The van der Waals surface area contributed by atoms with Gasteiger partial charge in [0.1, 0.15) is 17.5 Å². The van der Waals surface area contributed by atoms with E-state index in [-0.39, 0.29) is 28.6 Å². The Hall–Kier alpha value is -2.88. The second-order valence-corrected chi connectivity index (χ2v) is 3.44. The molecule has 0 saturated heterocycles. The van der Waals surface area contributed by atoms with Crippen molar-refractivity contribution in [3.05, 3.63) is 29.6 Å². The number of phenolic OH excluding ortho intramolecular Hbond substituents is 1. The molecule has 1 heterocycles. The number of nitriles is 1. The van der Waals surface area contributed by atoms with Crippen molar-refractivity contribution < 1.29 is 9.50 Å². The lowest BCUT2D eigenvalue weighted by atomic mass is 10.1. The number of hydrogen-bond acceptors (Lipinski definition) is 6. The predicted molar refractivity (Wildman–Crippen MR) is 62.6 cm³/mol. The van der Waals surface area contributed by atoms with Crippen LogP contribution < -0.4 is 11.5 Å². The lowest BCUT2D eigenvalue weighted by molar-refractivity contribution is 0.434. The molecule has 7 heteroatoms.